The Kier molecular flexibility index (Phi) is 5.51. The van der Waals surface area contributed by atoms with Gasteiger partial charge in [-0.15, -0.1) is 0 Å². The van der Waals surface area contributed by atoms with Crippen LogP contribution in [-0.2, 0) is 10.0 Å². The molecule has 28 heavy (non-hydrogen) atoms. The number of aryl methyl sites for hydroxylation is 1. The molecule has 0 saturated carbocycles. The molecule has 148 valence electrons. The molecule has 0 aliphatic rings. The first-order chi connectivity index (χ1) is 12.9. The molecule has 0 saturated heterocycles. The van der Waals surface area contributed by atoms with Crippen molar-refractivity contribution in [3.05, 3.63) is 52.5 Å². The predicted octanol–water partition coefficient (Wildman–Crippen LogP) is 4.59. The lowest BCUT2D eigenvalue weighted by Gasteiger charge is -2.21. The van der Waals surface area contributed by atoms with Gasteiger partial charge in [-0.05, 0) is 63.6 Å². The van der Waals surface area contributed by atoms with Crippen LogP contribution < -0.4 is 10.0 Å². The third-order valence-corrected chi connectivity index (χ3v) is 6.86. The fourth-order valence-electron chi connectivity index (χ4n) is 2.56. The minimum Gasteiger partial charge on any atom is -0.298 e. The standard InChI is InChI=1S/C19H20ClN3O3S2/c1-11-5-8-14-15(9-11)27-18(21-14)22-17(24)12-6-7-13(20)16(10-12)28(25,26)23-19(2,3)4/h5-10,23H,1-4H3,(H,21,22,24). The first-order valence-corrected chi connectivity index (χ1v) is 11.1. The number of halogens is 1. The molecule has 3 aromatic rings. The number of nitrogens with zero attached hydrogens (tertiary/aromatic N) is 1. The van der Waals surface area contributed by atoms with E-state index in [1.54, 1.807) is 20.8 Å². The van der Waals surface area contributed by atoms with E-state index < -0.39 is 21.5 Å². The monoisotopic (exact) mass is 437 g/mol. The summed E-state index contributed by atoms with van der Waals surface area (Å²) in [7, 11) is -3.88. The molecule has 2 aromatic carbocycles. The number of sulfonamides is 1. The van der Waals surface area contributed by atoms with E-state index in [-0.39, 0.29) is 15.5 Å². The van der Waals surface area contributed by atoms with E-state index in [0.717, 1.165) is 15.8 Å². The maximum Gasteiger partial charge on any atom is 0.257 e. The molecule has 0 atom stereocenters. The van der Waals surface area contributed by atoms with Gasteiger partial charge in [0.2, 0.25) is 10.0 Å². The SMILES string of the molecule is Cc1ccc2nc(NC(=O)c3ccc(Cl)c(S(=O)(=O)NC(C)(C)C)c3)sc2c1. The number of amides is 1. The Morgan fingerprint density at radius 3 is 2.54 bits per heavy atom. The van der Waals surface area contributed by atoms with Gasteiger partial charge in [-0.2, -0.15) is 0 Å². The van der Waals surface area contributed by atoms with Crippen molar-refractivity contribution in [2.24, 2.45) is 0 Å². The molecule has 1 aromatic heterocycles. The third kappa shape index (κ3) is 4.70. The van der Waals surface area contributed by atoms with Crippen LogP contribution in [0, 0.1) is 6.92 Å². The molecule has 0 aliphatic carbocycles. The molecule has 2 N–H and O–H groups in total. The highest BCUT2D eigenvalue weighted by Gasteiger charge is 2.25. The number of hydrogen-bond donors (Lipinski definition) is 2. The van der Waals surface area contributed by atoms with E-state index in [0.29, 0.717) is 5.13 Å². The molecule has 9 heteroatoms. The molecular weight excluding hydrogens is 418 g/mol. The molecule has 0 aliphatic heterocycles. The van der Waals surface area contributed by atoms with Crippen molar-refractivity contribution in [3.8, 4) is 0 Å². The van der Waals surface area contributed by atoms with Crippen LogP contribution in [0.5, 0.6) is 0 Å². The van der Waals surface area contributed by atoms with Crippen molar-refractivity contribution in [1.82, 2.24) is 9.71 Å². The van der Waals surface area contributed by atoms with Gasteiger partial charge in [0.15, 0.2) is 5.13 Å². The number of carbonyl (C=O) groups excluding carboxylic acids is 1. The molecule has 1 heterocycles. The Morgan fingerprint density at radius 2 is 1.86 bits per heavy atom. The van der Waals surface area contributed by atoms with E-state index in [1.165, 1.54) is 29.5 Å². The maximum absolute atomic E-state index is 12.6. The summed E-state index contributed by atoms with van der Waals surface area (Å²) >= 11 is 7.44. The number of rotatable bonds is 4. The number of thiazole rings is 1. The van der Waals surface area contributed by atoms with Gasteiger partial charge < -0.3 is 0 Å². The summed E-state index contributed by atoms with van der Waals surface area (Å²) in [5.41, 5.74) is 1.39. The highest BCUT2D eigenvalue weighted by molar-refractivity contribution is 7.89. The zero-order valence-corrected chi connectivity index (χ0v) is 18.2. The second kappa shape index (κ2) is 7.44. The lowest BCUT2D eigenvalue weighted by atomic mass is 10.1. The minimum absolute atomic E-state index is 0.0452. The number of anilines is 1. The Hall–Kier alpha value is -2.00. The van der Waals surface area contributed by atoms with Crippen LogP contribution in [0.1, 0.15) is 36.7 Å². The van der Waals surface area contributed by atoms with Crippen LogP contribution >= 0.6 is 22.9 Å². The predicted molar refractivity (Wildman–Crippen MR) is 114 cm³/mol. The summed E-state index contributed by atoms with van der Waals surface area (Å²) in [5, 5.41) is 3.21. The van der Waals surface area contributed by atoms with Gasteiger partial charge in [-0.3, -0.25) is 10.1 Å². The van der Waals surface area contributed by atoms with Crippen LogP contribution in [0.4, 0.5) is 5.13 Å². The van der Waals surface area contributed by atoms with Crippen LogP contribution in [-0.4, -0.2) is 24.8 Å². The quantitative estimate of drug-likeness (QED) is 0.624. The number of hydrogen-bond acceptors (Lipinski definition) is 5. The lowest BCUT2D eigenvalue weighted by Crippen LogP contribution is -2.40. The molecule has 0 fully saturated rings. The summed E-state index contributed by atoms with van der Waals surface area (Å²) in [6, 6.07) is 9.98. The first-order valence-electron chi connectivity index (χ1n) is 8.47. The van der Waals surface area contributed by atoms with Crippen molar-refractivity contribution >= 4 is 54.2 Å². The number of nitrogens with one attached hydrogen (secondary N) is 2. The van der Waals surface area contributed by atoms with Gasteiger partial charge in [0, 0.05) is 11.1 Å². The minimum atomic E-state index is -3.88. The summed E-state index contributed by atoms with van der Waals surface area (Å²) < 4.78 is 28.7. The lowest BCUT2D eigenvalue weighted by molar-refractivity contribution is 0.102. The smallest absolute Gasteiger partial charge is 0.257 e. The van der Waals surface area contributed by atoms with Crippen LogP contribution in [0.3, 0.4) is 0 Å². The van der Waals surface area contributed by atoms with Crippen LogP contribution in [0.2, 0.25) is 5.02 Å². The molecule has 1 amide bonds. The van der Waals surface area contributed by atoms with Gasteiger partial charge in [0.1, 0.15) is 4.90 Å². The zero-order chi connectivity index (χ0) is 20.7. The largest absolute Gasteiger partial charge is 0.298 e. The average molecular weight is 438 g/mol. The molecule has 0 bridgehead atoms. The van der Waals surface area contributed by atoms with Gasteiger partial charge in [0.05, 0.1) is 15.2 Å². The van der Waals surface area contributed by atoms with Gasteiger partial charge in [0.25, 0.3) is 5.91 Å². The topological polar surface area (TPSA) is 88.2 Å². The fraction of sp³-hybridized carbons (Fsp3) is 0.263. The van der Waals surface area contributed by atoms with Gasteiger partial charge in [-0.1, -0.05) is 29.0 Å². The van der Waals surface area contributed by atoms with Crippen molar-refractivity contribution < 1.29 is 13.2 Å². The second-order valence-electron chi connectivity index (χ2n) is 7.45. The molecule has 0 spiro atoms. The Bertz CT molecular complexity index is 1160. The second-order valence-corrected chi connectivity index (χ2v) is 10.5. The summed E-state index contributed by atoms with van der Waals surface area (Å²) in [4.78, 5) is 16.9. The zero-order valence-electron chi connectivity index (χ0n) is 15.8. The first kappa shape index (κ1) is 20.7. The fourth-order valence-corrected chi connectivity index (χ4v) is 5.47. The van der Waals surface area contributed by atoms with E-state index in [2.05, 4.69) is 15.0 Å². The molecule has 0 radical (unpaired) electrons. The maximum atomic E-state index is 12.6. The third-order valence-electron chi connectivity index (χ3n) is 3.69. The average Bonchev–Trinajstić information content (AvgIpc) is 2.93. The van der Waals surface area contributed by atoms with E-state index in [4.69, 9.17) is 11.6 Å². The van der Waals surface area contributed by atoms with Crippen LogP contribution in [0.15, 0.2) is 41.3 Å². The summed E-state index contributed by atoms with van der Waals surface area (Å²) in [6.45, 7) is 7.16. The Labute approximate surface area is 173 Å². The number of fused-ring (bicyclic) bond motifs is 1. The van der Waals surface area contributed by atoms with E-state index in [1.807, 2.05) is 25.1 Å². The number of benzene rings is 2. The highest BCUT2D eigenvalue weighted by atomic mass is 35.5. The van der Waals surface area contributed by atoms with Crippen molar-refractivity contribution in [1.29, 1.82) is 0 Å². The molecule has 6 nitrogen and oxygen atoms in total. The molecule has 0 unspecified atom stereocenters. The Morgan fingerprint density at radius 1 is 1.14 bits per heavy atom. The van der Waals surface area contributed by atoms with Crippen molar-refractivity contribution in [3.63, 3.8) is 0 Å². The highest BCUT2D eigenvalue weighted by Crippen LogP contribution is 2.28. The molecule has 3 rings (SSSR count). The van der Waals surface area contributed by atoms with Gasteiger partial charge in [-0.25, -0.2) is 18.1 Å². The van der Waals surface area contributed by atoms with Crippen molar-refractivity contribution in [2.75, 3.05) is 5.32 Å². The number of aromatic nitrogens is 1. The molecular formula is C19H20ClN3O3S2. The summed E-state index contributed by atoms with van der Waals surface area (Å²) in [5.74, 6) is -0.459. The van der Waals surface area contributed by atoms with E-state index in [9.17, 15) is 13.2 Å². The van der Waals surface area contributed by atoms with E-state index >= 15 is 0 Å². The van der Waals surface area contributed by atoms with Crippen LogP contribution in [0.25, 0.3) is 10.2 Å². The number of carbonyl (C=O) groups is 1. The normalized spacial score (nSPS) is 12.3. The van der Waals surface area contributed by atoms with Crippen molar-refractivity contribution in [2.45, 2.75) is 38.1 Å². The summed E-state index contributed by atoms with van der Waals surface area (Å²) in [6.07, 6.45) is 0. The Balaban J connectivity index is 1.89. The van der Waals surface area contributed by atoms with Gasteiger partial charge >= 0.3 is 0 Å².